The Morgan fingerprint density at radius 3 is 2.52 bits per heavy atom. The molecule has 134 valence electrons. The SMILES string of the molecule is C[C@H](Oc1ccc(N(C)S(C)(=O)=O)cc1)C(=O)NCc1cccnc1. The van der Waals surface area contributed by atoms with Gasteiger partial charge in [-0.3, -0.25) is 14.1 Å². The monoisotopic (exact) mass is 363 g/mol. The highest BCUT2D eigenvalue weighted by Crippen LogP contribution is 2.21. The Kier molecular flexibility index (Phi) is 5.97. The van der Waals surface area contributed by atoms with Crippen LogP contribution >= 0.6 is 0 Å². The number of amides is 1. The highest BCUT2D eigenvalue weighted by Gasteiger charge is 2.15. The minimum atomic E-state index is -3.32. The molecule has 0 aliphatic rings. The van der Waals surface area contributed by atoms with Crippen LogP contribution in [0.2, 0.25) is 0 Å². The maximum absolute atomic E-state index is 12.1. The highest BCUT2D eigenvalue weighted by molar-refractivity contribution is 7.92. The van der Waals surface area contributed by atoms with Crippen LogP contribution in [0.25, 0.3) is 0 Å². The van der Waals surface area contributed by atoms with Gasteiger partial charge in [0, 0.05) is 26.0 Å². The van der Waals surface area contributed by atoms with E-state index in [1.165, 1.54) is 11.4 Å². The first-order valence-electron chi connectivity index (χ1n) is 7.64. The summed E-state index contributed by atoms with van der Waals surface area (Å²) in [6.07, 6.45) is 3.80. The molecule has 0 aliphatic heterocycles. The van der Waals surface area contributed by atoms with Crippen molar-refractivity contribution < 1.29 is 17.9 Å². The standard InChI is InChI=1S/C17H21N3O4S/c1-13(17(21)19-12-14-5-4-10-18-11-14)24-16-8-6-15(7-9-16)20(2)25(3,22)23/h4-11,13H,12H2,1-3H3,(H,19,21)/t13-/m0/s1. The Balaban J connectivity index is 1.91. The third kappa shape index (κ3) is 5.46. The van der Waals surface area contributed by atoms with Crippen molar-refractivity contribution in [2.24, 2.45) is 0 Å². The number of sulfonamides is 1. The van der Waals surface area contributed by atoms with Crippen LogP contribution in [0.1, 0.15) is 12.5 Å². The van der Waals surface area contributed by atoms with Gasteiger partial charge in [0.2, 0.25) is 10.0 Å². The van der Waals surface area contributed by atoms with E-state index < -0.39 is 16.1 Å². The number of rotatable bonds is 7. The molecule has 1 amide bonds. The lowest BCUT2D eigenvalue weighted by Gasteiger charge is -2.18. The number of nitrogens with one attached hydrogen (secondary N) is 1. The predicted molar refractivity (Wildman–Crippen MR) is 95.9 cm³/mol. The molecule has 0 spiro atoms. The first-order chi connectivity index (χ1) is 11.8. The van der Waals surface area contributed by atoms with E-state index in [9.17, 15) is 13.2 Å². The van der Waals surface area contributed by atoms with Crippen molar-refractivity contribution in [1.29, 1.82) is 0 Å². The second-order valence-corrected chi connectivity index (χ2v) is 7.58. The lowest BCUT2D eigenvalue weighted by atomic mass is 10.2. The summed E-state index contributed by atoms with van der Waals surface area (Å²) in [7, 11) is -1.84. The van der Waals surface area contributed by atoms with E-state index >= 15 is 0 Å². The zero-order chi connectivity index (χ0) is 18.4. The van der Waals surface area contributed by atoms with Gasteiger partial charge < -0.3 is 10.1 Å². The van der Waals surface area contributed by atoms with Crippen LogP contribution in [0, 0.1) is 0 Å². The van der Waals surface area contributed by atoms with E-state index in [2.05, 4.69) is 10.3 Å². The van der Waals surface area contributed by atoms with Crippen LogP contribution in [-0.2, 0) is 21.4 Å². The predicted octanol–water partition coefficient (Wildman–Crippen LogP) is 1.56. The van der Waals surface area contributed by atoms with Gasteiger partial charge >= 0.3 is 0 Å². The normalized spacial score (nSPS) is 12.3. The van der Waals surface area contributed by atoms with Crippen molar-refractivity contribution in [2.45, 2.75) is 19.6 Å². The summed E-state index contributed by atoms with van der Waals surface area (Å²) in [5.74, 6) is 0.232. The summed E-state index contributed by atoms with van der Waals surface area (Å²) in [5.41, 5.74) is 1.42. The molecule has 2 aromatic rings. The van der Waals surface area contributed by atoms with Gasteiger partial charge in [0.15, 0.2) is 6.10 Å². The van der Waals surface area contributed by atoms with E-state index in [4.69, 9.17) is 4.74 Å². The molecular formula is C17H21N3O4S. The Morgan fingerprint density at radius 1 is 1.28 bits per heavy atom. The molecule has 1 atom stereocenters. The number of carbonyl (C=O) groups excluding carboxylic acids is 1. The summed E-state index contributed by atoms with van der Waals surface area (Å²) >= 11 is 0. The van der Waals surface area contributed by atoms with Crippen molar-refractivity contribution in [3.63, 3.8) is 0 Å². The summed E-state index contributed by atoms with van der Waals surface area (Å²) in [4.78, 5) is 16.1. The molecule has 0 bridgehead atoms. The van der Waals surface area contributed by atoms with Crippen LogP contribution < -0.4 is 14.4 Å². The van der Waals surface area contributed by atoms with E-state index in [-0.39, 0.29) is 5.91 Å². The maximum atomic E-state index is 12.1. The van der Waals surface area contributed by atoms with Crippen LogP contribution in [-0.4, -0.2) is 38.7 Å². The van der Waals surface area contributed by atoms with Gasteiger partial charge in [0.25, 0.3) is 5.91 Å². The van der Waals surface area contributed by atoms with Crippen molar-refractivity contribution in [2.75, 3.05) is 17.6 Å². The molecular weight excluding hydrogens is 342 g/mol. The van der Waals surface area contributed by atoms with Crippen LogP contribution in [0.3, 0.4) is 0 Å². The zero-order valence-corrected chi connectivity index (χ0v) is 15.2. The molecule has 8 heteroatoms. The largest absolute Gasteiger partial charge is 0.481 e. The number of anilines is 1. The first-order valence-corrected chi connectivity index (χ1v) is 9.49. The molecule has 0 saturated carbocycles. The number of benzene rings is 1. The minimum absolute atomic E-state index is 0.249. The lowest BCUT2D eigenvalue weighted by Crippen LogP contribution is -2.35. The molecule has 1 N–H and O–H groups in total. The number of aromatic nitrogens is 1. The number of carbonyl (C=O) groups is 1. The van der Waals surface area contributed by atoms with Crippen LogP contribution in [0.15, 0.2) is 48.8 Å². The third-order valence-electron chi connectivity index (χ3n) is 3.57. The molecule has 0 fully saturated rings. The average Bonchev–Trinajstić information content (AvgIpc) is 2.59. The van der Waals surface area contributed by atoms with Gasteiger partial charge in [0.05, 0.1) is 11.9 Å². The van der Waals surface area contributed by atoms with Crippen molar-refractivity contribution in [3.8, 4) is 5.75 Å². The van der Waals surface area contributed by atoms with Gasteiger partial charge in [0.1, 0.15) is 5.75 Å². The van der Waals surface area contributed by atoms with Gasteiger partial charge in [-0.1, -0.05) is 6.07 Å². The lowest BCUT2D eigenvalue weighted by molar-refractivity contribution is -0.127. The van der Waals surface area contributed by atoms with Gasteiger partial charge in [-0.2, -0.15) is 0 Å². The van der Waals surface area contributed by atoms with E-state index in [1.54, 1.807) is 49.6 Å². The van der Waals surface area contributed by atoms with Crippen LogP contribution in [0.4, 0.5) is 5.69 Å². The maximum Gasteiger partial charge on any atom is 0.261 e. The molecule has 1 aromatic carbocycles. The minimum Gasteiger partial charge on any atom is -0.481 e. The smallest absolute Gasteiger partial charge is 0.261 e. The molecule has 25 heavy (non-hydrogen) atoms. The van der Waals surface area contributed by atoms with E-state index in [0.29, 0.717) is 18.0 Å². The molecule has 0 unspecified atom stereocenters. The van der Waals surface area contributed by atoms with Gasteiger partial charge in [-0.05, 0) is 42.8 Å². The number of pyridine rings is 1. The Bertz CT molecular complexity index is 808. The third-order valence-corrected chi connectivity index (χ3v) is 4.78. The van der Waals surface area contributed by atoms with Crippen LogP contribution in [0.5, 0.6) is 5.75 Å². The highest BCUT2D eigenvalue weighted by atomic mass is 32.2. The quantitative estimate of drug-likeness (QED) is 0.806. The summed E-state index contributed by atoms with van der Waals surface area (Å²) in [5, 5.41) is 2.78. The zero-order valence-electron chi connectivity index (χ0n) is 14.3. The number of nitrogens with zero attached hydrogens (tertiary/aromatic N) is 2. The molecule has 1 aromatic heterocycles. The summed E-state index contributed by atoms with van der Waals surface area (Å²) in [6.45, 7) is 2.02. The Hall–Kier alpha value is -2.61. The Morgan fingerprint density at radius 2 is 1.96 bits per heavy atom. The average molecular weight is 363 g/mol. The molecule has 1 heterocycles. The second-order valence-electron chi connectivity index (χ2n) is 5.56. The molecule has 0 radical (unpaired) electrons. The first kappa shape index (κ1) is 18.7. The number of ether oxygens (including phenoxy) is 1. The molecule has 2 rings (SSSR count). The fourth-order valence-electron chi connectivity index (χ4n) is 2.02. The van der Waals surface area contributed by atoms with Crippen molar-refractivity contribution in [3.05, 3.63) is 54.4 Å². The number of hydrogen-bond donors (Lipinski definition) is 1. The Labute approximate surface area is 147 Å². The van der Waals surface area contributed by atoms with Gasteiger partial charge in [-0.25, -0.2) is 8.42 Å². The summed E-state index contributed by atoms with van der Waals surface area (Å²) < 4.78 is 29.8. The van der Waals surface area contributed by atoms with Crippen molar-refractivity contribution in [1.82, 2.24) is 10.3 Å². The second kappa shape index (κ2) is 7.98. The summed E-state index contributed by atoms with van der Waals surface area (Å²) in [6, 6.07) is 10.2. The van der Waals surface area contributed by atoms with Crippen molar-refractivity contribution >= 4 is 21.6 Å². The fraction of sp³-hybridized carbons (Fsp3) is 0.294. The topological polar surface area (TPSA) is 88.6 Å². The molecule has 7 nitrogen and oxygen atoms in total. The van der Waals surface area contributed by atoms with E-state index in [0.717, 1.165) is 11.8 Å². The fourth-order valence-corrected chi connectivity index (χ4v) is 2.52. The number of hydrogen-bond acceptors (Lipinski definition) is 5. The molecule has 0 aliphatic carbocycles. The van der Waals surface area contributed by atoms with Gasteiger partial charge in [-0.15, -0.1) is 0 Å². The van der Waals surface area contributed by atoms with E-state index in [1.807, 2.05) is 6.07 Å². The molecule has 0 saturated heterocycles.